The van der Waals surface area contributed by atoms with Gasteiger partial charge in [0.2, 0.25) is 0 Å². The summed E-state index contributed by atoms with van der Waals surface area (Å²) >= 11 is 0. The van der Waals surface area contributed by atoms with Crippen molar-refractivity contribution in [2.24, 2.45) is 0 Å². The monoisotopic (exact) mass is 257 g/mol. The average Bonchev–Trinajstić information content (AvgIpc) is 3.10. The zero-order chi connectivity index (χ0) is 12.9. The average molecular weight is 257 g/mol. The van der Waals surface area contributed by atoms with Gasteiger partial charge >= 0.3 is 0 Å². The Morgan fingerprint density at radius 1 is 1.16 bits per heavy atom. The van der Waals surface area contributed by atoms with Crippen LogP contribution in [0.25, 0.3) is 0 Å². The molecule has 3 rings (SSSR count). The fraction of sp³-hybridized carbons (Fsp3) is 0.375. The lowest BCUT2D eigenvalue weighted by Crippen LogP contribution is -2.27. The summed E-state index contributed by atoms with van der Waals surface area (Å²) in [6, 6.07) is 14.4. The number of para-hydroxylation sites is 1. The van der Waals surface area contributed by atoms with Crippen molar-refractivity contribution in [3.8, 4) is 5.75 Å². The van der Waals surface area contributed by atoms with Gasteiger partial charge < -0.3 is 9.15 Å². The third kappa shape index (κ3) is 2.99. The summed E-state index contributed by atoms with van der Waals surface area (Å²) in [7, 11) is 0. The number of benzene rings is 1. The van der Waals surface area contributed by atoms with Crippen LogP contribution in [0.15, 0.2) is 53.1 Å². The zero-order valence-corrected chi connectivity index (χ0v) is 11.0. The molecular formula is C16H19NO2. The van der Waals surface area contributed by atoms with Crippen LogP contribution in [0.1, 0.15) is 24.6 Å². The Morgan fingerprint density at radius 3 is 2.84 bits per heavy atom. The van der Waals surface area contributed by atoms with E-state index in [1.807, 2.05) is 36.4 Å². The first kappa shape index (κ1) is 12.3. The number of nitrogens with zero attached hydrogens (tertiary/aromatic N) is 1. The Labute approximate surface area is 113 Å². The molecule has 0 bridgehead atoms. The van der Waals surface area contributed by atoms with Crippen LogP contribution >= 0.6 is 0 Å². The van der Waals surface area contributed by atoms with Gasteiger partial charge in [0.1, 0.15) is 18.1 Å². The number of furan rings is 1. The lowest BCUT2D eigenvalue weighted by molar-refractivity contribution is 0.183. The highest BCUT2D eigenvalue weighted by atomic mass is 16.5. The quantitative estimate of drug-likeness (QED) is 0.820. The van der Waals surface area contributed by atoms with Gasteiger partial charge in [-0.15, -0.1) is 0 Å². The van der Waals surface area contributed by atoms with E-state index in [1.54, 1.807) is 6.26 Å². The Morgan fingerprint density at radius 2 is 2.05 bits per heavy atom. The first-order valence-corrected chi connectivity index (χ1v) is 6.89. The maximum atomic E-state index is 5.76. The number of hydrogen-bond donors (Lipinski definition) is 0. The summed E-state index contributed by atoms with van der Waals surface area (Å²) in [6.07, 6.45) is 4.17. The molecule has 0 aliphatic carbocycles. The minimum absolute atomic E-state index is 0.425. The molecule has 100 valence electrons. The van der Waals surface area contributed by atoms with Crippen LogP contribution in [0.2, 0.25) is 0 Å². The molecule has 1 saturated heterocycles. The number of ether oxygens (including phenoxy) is 1. The zero-order valence-electron chi connectivity index (χ0n) is 11.0. The fourth-order valence-electron chi connectivity index (χ4n) is 2.69. The van der Waals surface area contributed by atoms with E-state index in [0.717, 1.165) is 31.2 Å². The molecular weight excluding hydrogens is 238 g/mol. The molecule has 1 atom stereocenters. The number of rotatable bonds is 5. The maximum Gasteiger partial charge on any atom is 0.120 e. The molecule has 1 aromatic heterocycles. The van der Waals surface area contributed by atoms with Crippen LogP contribution in [0.5, 0.6) is 5.75 Å². The van der Waals surface area contributed by atoms with Gasteiger partial charge in [0, 0.05) is 6.54 Å². The third-order valence-corrected chi connectivity index (χ3v) is 3.63. The van der Waals surface area contributed by atoms with Crippen LogP contribution < -0.4 is 4.74 Å². The molecule has 1 aliphatic rings. The SMILES string of the molecule is c1ccc(OCCN2CCCC2c2ccco2)cc1. The molecule has 0 amide bonds. The number of hydrogen-bond acceptors (Lipinski definition) is 3. The molecule has 1 aromatic carbocycles. The van der Waals surface area contributed by atoms with E-state index in [1.165, 1.54) is 12.8 Å². The summed E-state index contributed by atoms with van der Waals surface area (Å²) in [5.41, 5.74) is 0. The highest BCUT2D eigenvalue weighted by Crippen LogP contribution is 2.31. The van der Waals surface area contributed by atoms with Crippen molar-refractivity contribution < 1.29 is 9.15 Å². The molecule has 0 N–H and O–H groups in total. The van der Waals surface area contributed by atoms with E-state index in [2.05, 4.69) is 11.0 Å². The summed E-state index contributed by atoms with van der Waals surface area (Å²) < 4.78 is 11.3. The van der Waals surface area contributed by atoms with E-state index in [0.29, 0.717) is 6.04 Å². The van der Waals surface area contributed by atoms with Gasteiger partial charge in [0.05, 0.1) is 12.3 Å². The Bertz CT molecular complexity index is 481. The van der Waals surface area contributed by atoms with Crippen molar-refractivity contribution in [3.63, 3.8) is 0 Å². The van der Waals surface area contributed by atoms with Crippen LogP contribution in [-0.4, -0.2) is 24.6 Å². The first-order chi connectivity index (χ1) is 9.43. The fourth-order valence-corrected chi connectivity index (χ4v) is 2.69. The number of likely N-dealkylation sites (tertiary alicyclic amines) is 1. The summed E-state index contributed by atoms with van der Waals surface area (Å²) in [4.78, 5) is 2.45. The van der Waals surface area contributed by atoms with E-state index < -0.39 is 0 Å². The molecule has 0 radical (unpaired) electrons. The Hall–Kier alpha value is -1.74. The summed E-state index contributed by atoms with van der Waals surface area (Å²) in [6.45, 7) is 2.80. The Kier molecular flexibility index (Phi) is 3.84. The van der Waals surface area contributed by atoms with E-state index in [4.69, 9.17) is 9.15 Å². The van der Waals surface area contributed by atoms with Gasteiger partial charge in [-0.25, -0.2) is 0 Å². The molecule has 2 aromatic rings. The minimum atomic E-state index is 0.425. The molecule has 1 unspecified atom stereocenters. The molecule has 3 nitrogen and oxygen atoms in total. The van der Waals surface area contributed by atoms with Crippen molar-refractivity contribution >= 4 is 0 Å². The predicted molar refractivity (Wildman–Crippen MR) is 74.2 cm³/mol. The van der Waals surface area contributed by atoms with Gasteiger partial charge in [-0.1, -0.05) is 18.2 Å². The van der Waals surface area contributed by atoms with Gasteiger partial charge in [-0.05, 0) is 43.7 Å². The van der Waals surface area contributed by atoms with Crippen molar-refractivity contribution in [2.75, 3.05) is 19.7 Å². The first-order valence-electron chi connectivity index (χ1n) is 6.89. The lowest BCUT2D eigenvalue weighted by Gasteiger charge is -2.22. The minimum Gasteiger partial charge on any atom is -0.492 e. The van der Waals surface area contributed by atoms with Crippen molar-refractivity contribution in [1.29, 1.82) is 0 Å². The highest BCUT2D eigenvalue weighted by molar-refractivity contribution is 5.20. The molecule has 2 heterocycles. The molecule has 0 spiro atoms. The molecule has 1 fully saturated rings. The largest absolute Gasteiger partial charge is 0.492 e. The maximum absolute atomic E-state index is 5.76. The standard InChI is InChI=1S/C16H19NO2/c1-2-6-14(7-3-1)18-13-11-17-10-4-8-15(17)16-9-5-12-19-16/h1-3,5-7,9,12,15H,4,8,10-11,13H2. The predicted octanol–water partition coefficient (Wildman–Crippen LogP) is 3.50. The molecule has 3 heteroatoms. The van der Waals surface area contributed by atoms with Gasteiger partial charge in [-0.3, -0.25) is 4.90 Å². The topological polar surface area (TPSA) is 25.6 Å². The van der Waals surface area contributed by atoms with Gasteiger partial charge in [0.15, 0.2) is 0 Å². The second-order valence-corrected chi connectivity index (χ2v) is 4.87. The molecule has 0 saturated carbocycles. The van der Waals surface area contributed by atoms with Crippen molar-refractivity contribution in [3.05, 3.63) is 54.5 Å². The lowest BCUT2D eigenvalue weighted by atomic mass is 10.2. The smallest absolute Gasteiger partial charge is 0.120 e. The Balaban J connectivity index is 1.52. The second kappa shape index (κ2) is 5.93. The van der Waals surface area contributed by atoms with Crippen LogP contribution in [0, 0.1) is 0 Å². The van der Waals surface area contributed by atoms with Crippen LogP contribution in [-0.2, 0) is 0 Å². The third-order valence-electron chi connectivity index (χ3n) is 3.63. The normalized spacial score (nSPS) is 19.7. The van der Waals surface area contributed by atoms with Crippen LogP contribution in [0.3, 0.4) is 0 Å². The van der Waals surface area contributed by atoms with Gasteiger partial charge in [-0.2, -0.15) is 0 Å². The van der Waals surface area contributed by atoms with E-state index in [9.17, 15) is 0 Å². The van der Waals surface area contributed by atoms with E-state index in [-0.39, 0.29) is 0 Å². The second-order valence-electron chi connectivity index (χ2n) is 4.87. The molecule has 1 aliphatic heterocycles. The molecule has 19 heavy (non-hydrogen) atoms. The van der Waals surface area contributed by atoms with Crippen LogP contribution in [0.4, 0.5) is 0 Å². The van der Waals surface area contributed by atoms with E-state index >= 15 is 0 Å². The van der Waals surface area contributed by atoms with Crippen molar-refractivity contribution in [1.82, 2.24) is 4.90 Å². The van der Waals surface area contributed by atoms with Crippen molar-refractivity contribution in [2.45, 2.75) is 18.9 Å². The summed E-state index contributed by atoms with van der Waals surface area (Å²) in [5, 5.41) is 0. The summed E-state index contributed by atoms with van der Waals surface area (Å²) in [5.74, 6) is 2.02. The van der Waals surface area contributed by atoms with Gasteiger partial charge in [0.25, 0.3) is 0 Å². The highest BCUT2D eigenvalue weighted by Gasteiger charge is 2.27.